The van der Waals surface area contributed by atoms with E-state index in [1.54, 1.807) is 7.05 Å². The molecule has 0 aromatic rings. The summed E-state index contributed by atoms with van der Waals surface area (Å²) in [6.07, 6.45) is 3.98. The predicted octanol–water partition coefficient (Wildman–Crippen LogP) is 0.963. The van der Waals surface area contributed by atoms with Gasteiger partial charge in [0, 0.05) is 12.8 Å². The minimum Gasteiger partial charge on any atom is -0.292 e. The first-order chi connectivity index (χ1) is 6.39. The lowest BCUT2D eigenvalue weighted by molar-refractivity contribution is 0.592. The molecule has 0 rings (SSSR count). The summed E-state index contributed by atoms with van der Waals surface area (Å²) < 4.78 is 24.0. The Balaban J connectivity index is 4.35. The molecule has 0 aromatic heterocycles. The van der Waals surface area contributed by atoms with Gasteiger partial charge in [0.05, 0.1) is 12.8 Å². The van der Waals surface area contributed by atoms with Gasteiger partial charge in [-0.25, -0.2) is 13.1 Å². The first-order valence-electron chi connectivity index (χ1n) is 4.46. The van der Waals surface area contributed by atoms with E-state index in [-0.39, 0.29) is 6.54 Å². The van der Waals surface area contributed by atoms with Crippen molar-refractivity contribution >= 4 is 15.7 Å². The van der Waals surface area contributed by atoms with Gasteiger partial charge in [0.2, 0.25) is 10.0 Å². The van der Waals surface area contributed by atoms with Crippen LogP contribution in [0.15, 0.2) is 16.6 Å². The Bertz CT molecular complexity index is 329. The van der Waals surface area contributed by atoms with Crippen LogP contribution in [0, 0.1) is 0 Å². The quantitative estimate of drug-likeness (QED) is 0.699. The van der Waals surface area contributed by atoms with Crippen LogP contribution in [0.1, 0.15) is 20.3 Å². The second kappa shape index (κ2) is 5.93. The molecule has 0 amide bonds. The van der Waals surface area contributed by atoms with Gasteiger partial charge in [0.25, 0.3) is 0 Å². The lowest BCUT2D eigenvalue weighted by Crippen LogP contribution is -2.27. The first kappa shape index (κ1) is 13.3. The molecule has 1 N–H and O–H groups in total. The molecule has 0 saturated heterocycles. The van der Waals surface area contributed by atoms with Gasteiger partial charge in [-0.3, -0.25) is 4.99 Å². The maximum atomic E-state index is 10.8. The van der Waals surface area contributed by atoms with E-state index in [0.29, 0.717) is 0 Å². The van der Waals surface area contributed by atoms with Crippen molar-refractivity contribution in [1.82, 2.24) is 4.72 Å². The number of nitrogens with one attached hydrogen (secondary N) is 1. The van der Waals surface area contributed by atoms with Crippen LogP contribution in [-0.4, -0.2) is 34.0 Å². The lowest BCUT2D eigenvalue weighted by Gasteiger charge is -2.03. The minimum absolute atomic E-state index is 0.257. The molecule has 0 aliphatic rings. The van der Waals surface area contributed by atoms with Crippen molar-refractivity contribution in [2.45, 2.75) is 20.3 Å². The molecule has 0 aliphatic heterocycles. The lowest BCUT2D eigenvalue weighted by atomic mass is 10.2. The zero-order valence-corrected chi connectivity index (χ0v) is 9.98. The van der Waals surface area contributed by atoms with Crippen LogP contribution in [0.5, 0.6) is 0 Å². The van der Waals surface area contributed by atoms with Gasteiger partial charge >= 0.3 is 0 Å². The van der Waals surface area contributed by atoms with Gasteiger partial charge in [0.15, 0.2) is 0 Å². The molecule has 82 valence electrons. The summed E-state index contributed by atoms with van der Waals surface area (Å²) in [6.45, 7) is 4.29. The van der Waals surface area contributed by atoms with E-state index in [1.165, 1.54) is 5.57 Å². The molecule has 4 nitrogen and oxygen atoms in total. The Morgan fingerprint density at radius 1 is 1.50 bits per heavy atom. The smallest absolute Gasteiger partial charge is 0.209 e. The molecule has 0 fully saturated rings. The molecule has 0 saturated carbocycles. The molecular formula is C9H18N2O2S. The zero-order valence-electron chi connectivity index (χ0n) is 9.16. The number of allylic oxidation sites excluding steroid dienone is 1. The number of sulfonamides is 1. The van der Waals surface area contributed by atoms with Crippen molar-refractivity contribution in [3.8, 4) is 0 Å². The van der Waals surface area contributed by atoms with E-state index in [9.17, 15) is 8.42 Å². The third-order valence-electron chi connectivity index (χ3n) is 1.77. The van der Waals surface area contributed by atoms with Crippen LogP contribution in [0.25, 0.3) is 0 Å². The molecule has 0 heterocycles. The van der Waals surface area contributed by atoms with Gasteiger partial charge in [-0.2, -0.15) is 0 Å². The van der Waals surface area contributed by atoms with Crippen molar-refractivity contribution in [2.24, 2.45) is 4.99 Å². The molecule has 0 bridgehead atoms. The third kappa shape index (κ3) is 6.80. The van der Waals surface area contributed by atoms with Crippen LogP contribution >= 0.6 is 0 Å². The summed E-state index contributed by atoms with van der Waals surface area (Å²) >= 11 is 0. The SMILES string of the molecule is CC/C(C)=C/C(CNS(C)(=O)=O)=NC. The maximum absolute atomic E-state index is 10.8. The van der Waals surface area contributed by atoms with Crippen molar-refractivity contribution in [1.29, 1.82) is 0 Å². The number of hydrogen-bond acceptors (Lipinski definition) is 3. The Labute approximate surface area is 86.2 Å². The molecule has 0 aromatic carbocycles. The fraction of sp³-hybridized carbons (Fsp3) is 0.667. The molecule has 0 unspecified atom stereocenters. The Morgan fingerprint density at radius 2 is 2.07 bits per heavy atom. The summed E-state index contributed by atoms with van der Waals surface area (Å²) in [5.74, 6) is 0. The highest BCUT2D eigenvalue weighted by molar-refractivity contribution is 7.88. The molecule has 0 radical (unpaired) electrons. The average Bonchev–Trinajstić information content (AvgIpc) is 2.10. The topological polar surface area (TPSA) is 58.5 Å². The first-order valence-corrected chi connectivity index (χ1v) is 6.35. The standard InChI is InChI=1S/C9H18N2O2S/c1-5-8(2)6-9(10-3)7-11-14(4,12)13/h6,11H,5,7H2,1-4H3/b8-6+,10-9?. The van der Waals surface area contributed by atoms with E-state index in [1.807, 2.05) is 19.9 Å². The second-order valence-corrected chi connectivity index (χ2v) is 4.99. The molecule has 5 heteroatoms. The summed E-state index contributed by atoms with van der Waals surface area (Å²) in [7, 11) is -1.48. The normalized spacial score (nSPS) is 14.6. The summed E-state index contributed by atoms with van der Waals surface area (Å²) in [5.41, 5.74) is 1.93. The van der Waals surface area contributed by atoms with Crippen LogP contribution in [-0.2, 0) is 10.0 Å². The summed E-state index contributed by atoms with van der Waals surface area (Å²) in [4.78, 5) is 3.99. The Kier molecular flexibility index (Phi) is 5.64. The number of rotatable bonds is 5. The van der Waals surface area contributed by atoms with Gasteiger partial charge in [-0.05, 0) is 19.4 Å². The van der Waals surface area contributed by atoms with E-state index >= 15 is 0 Å². The number of nitrogens with zero attached hydrogens (tertiary/aromatic N) is 1. The van der Waals surface area contributed by atoms with E-state index < -0.39 is 10.0 Å². The largest absolute Gasteiger partial charge is 0.292 e. The zero-order chi connectivity index (χ0) is 11.2. The van der Waals surface area contributed by atoms with Gasteiger partial charge in [-0.15, -0.1) is 0 Å². The number of aliphatic imine (C=N–C) groups is 1. The minimum atomic E-state index is -3.13. The van der Waals surface area contributed by atoms with Gasteiger partial charge < -0.3 is 0 Å². The van der Waals surface area contributed by atoms with Crippen molar-refractivity contribution in [2.75, 3.05) is 19.8 Å². The highest BCUT2D eigenvalue weighted by atomic mass is 32.2. The number of hydrogen-bond donors (Lipinski definition) is 1. The molecule has 14 heavy (non-hydrogen) atoms. The predicted molar refractivity (Wildman–Crippen MR) is 60.3 cm³/mol. The monoisotopic (exact) mass is 218 g/mol. The van der Waals surface area contributed by atoms with E-state index in [2.05, 4.69) is 9.71 Å². The Hall–Kier alpha value is -0.680. The molecule has 0 atom stereocenters. The van der Waals surface area contributed by atoms with E-state index in [4.69, 9.17) is 0 Å². The molecule has 0 aliphatic carbocycles. The summed E-state index contributed by atoms with van der Waals surface area (Å²) in [5, 5.41) is 0. The van der Waals surface area contributed by atoms with Crippen molar-refractivity contribution in [3.05, 3.63) is 11.6 Å². The highest BCUT2D eigenvalue weighted by Crippen LogP contribution is 1.98. The summed E-state index contributed by atoms with van der Waals surface area (Å²) in [6, 6.07) is 0. The molecule has 0 spiro atoms. The average molecular weight is 218 g/mol. The van der Waals surface area contributed by atoms with Crippen LogP contribution in [0.2, 0.25) is 0 Å². The Morgan fingerprint density at radius 3 is 2.43 bits per heavy atom. The fourth-order valence-electron chi connectivity index (χ4n) is 0.786. The van der Waals surface area contributed by atoms with Crippen molar-refractivity contribution in [3.63, 3.8) is 0 Å². The highest BCUT2D eigenvalue weighted by Gasteiger charge is 2.02. The van der Waals surface area contributed by atoms with Crippen molar-refractivity contribution < 1.29 is 8.42 Å². The fourth-order valence-corrected chi connectivity index (χ4v) is 1.20. The van der Waals surface area contributed by atoms with Gasteiger partial charge in [0.1, 0.15) is 0 Å². The van der Waals surface area contributed by atoms with Crippen LogP contribution in [0.3, 0.4) is 0 Å². The van der Waals surface area contributed by atoms with E-state index in [0.717, 1.165) is 18.4 Å². The third-order valence-corrected chi connectivity index (χ3v) is 2.44. The van der Waals surface area contributed by atoms with Crippen LogP contribution in [0.4, 0.5) is 0 Å². The maximum Gasteiger partial charge on any atom is 0.209 e. The van der Waals surface area contributed by atoms with Crippen LogP contribution < -0.4 is 4.72 Å². The van der Waals surface area contributed by atoms with Gasteiger partial charge in [-0.1, -0.05) is 12.5 Å². The molecular weight excluding hydrogens is 200 g/mol. The second-order valence-electron chi connectivity index (χ2n) is 3.15.